The first-order valence-electron chi connectivity index (χ1n) is 10.8. The molecule has 35 heavy (non-hydrogen) atoms. The zero-order valence-electron chi connectivity index (χ0n) is 18.5. The summed E-state index contributed by atoms with van der Waals surface area (Å²) in [5.41, 5.74) is 2.63. The van der Waals surface area contributed by atoms with Gasteiger partial charge in [0.25, 0.3) is 0 Å². The van der Waals surface area contributed by atoms with Gasteiger partial charge in [-0.1, -0.05) is 48.2 Å². The molecule has 7 heteroatoms. The van der Waals surface area contributed by atoms with Crippen molar-refractivity contribution in [2.24, 2.45) is 0 Å². The molecule has 1 aliphatic carbocycles. The highest BCUT2D eigenvalue weighted by Crippen LogP contribution is 2.40. The minimum absolute atomic E-state index is 0.123. The summed E-state index contributed by atoms with van der Waals surface area (Å²) in [4.78, 5) is 31.8. The Kier molecular flexibility index (Phi) is 5.36. The van der Waals surface area contributed by atoms with E-state index in [2.05, 4.69) is 0 Å². The van der Waals surface area contributed by atoms with E-state index in [1.165, 1.54) is 23.1 Å². The molecule has 0 aliphatic heterocycles. The van der Waals surface area contributed by atoms with Crippen LogP contribution in [0, 0.1) is 0 Å². The number of ketones is 2. The normalized spacial score (nSPS) is 12.4. The minimum Gasteiger partial charge on any atom is -0.497 e. The molecule has 0 radical (unpaired) electrons. The number of nitrogens with zero attached hydrogens (tertiary/aromatic N) is 1. The predicted molar refractivity (Wildman–Crippen MR) is 137 cm³/mol. The number of fused-ring (bicyclic) bond motifs is 3. The van der Waals surface area contributed by atoms with Gasteiger partial charge in [0.2, 0.25) is 0 Å². The Labute approximate surface area is 209 Å². The van der Waals surface area contributed by atoms with Gasteiger partial charge in [0.15, 0.2) is 15.9 Å². The van der Waals surface area contributed by atoms with Gasteiger partial charge >= 0.3 is 0 Å². The summed E-state index contributed by atoms with van der Waals surface area (Å²) < 4.78 is 12.9. The Morgan fingerprint density at radius 2 is 1.43 bits per heavy atom. The van der Waals surface area contributed by atoms with Crippen LogP contribution in [0.25, 0.3) is 10.2 Å². The summed E-state index contributed by atoms with van der Waals surface area (Å²) >= 11 is 2.92. The summed E-state index contributed by atoms with van der Waals surface area (Å²) in [7, 11) is 1.63. The van der Waals surface area contributed by atoms with E-state index in [0.717, 1.165) is 25.2 Å². The maximum atomic E-state index is 13.3. The Morgan fingerprint density at radius 1 is 0.743 bits per heavy atom. The standard InChI is InChI=1S/C28H17NO4S2/c1-32-16-9-11-17(12-10-16)33-18-13-14-22-24(15-18)35-28(29-22)34-23-8-4-7-21-25(23)27(31)20-6-3-2-5-19(20)26(21)30/h2-15H,1H3. The van der Waals surface area contributed by atoms with Gasteiger partial charge in [0, 0.05) is 33.2 Å². The van der Waals surface area contributed by atoms with E-state index in [4.69, 9.17) is 14.5 Å². The minimum atomic E-state index is -0.130. The molecule has 6 rings (SSSR count). The Balaban J connectivity index is 1.30. The molecule has 5 aromatic rings. The lowest BCUT2D eigenvalue weighted by molar-refractivity contribution is 0.0977. The first kappa shape index (κ1) is 21.6. The quantitative estimate of drug-likeness (QED) is 0.256. The van der Waals surface area contributed by atoms with Gasteiger partial charge in [-0.25, -0.2) is 4.98 Å². The highest BCUT2D eigenvalue weighted by atomic mass is 32.2. The van der Waals surface area contributed by atoms with E-state index >= 15 is 0 Å². The fraction of sp³-hybridized carbons (Fsp3) is 0.0357. The third kappa shape index (κ3) is 3.88. The van der Waals surface area contributed by atoms with Crippen LogP contribution >= 0.6 is 23.1 Å². The lowest BCUT2D eigenvalue weighted by atomic mass is 9.84. The number of ether oxygens (including phenoxy) is 2. The van der Waals surface area contributed by atoms with Gasteiger partial charge in [-0.15, -0.1) is 11.3 Å². The molecule has 1 aromatic heterocycles. The van der Waals surface area contributed by atoms with E-state index in [9.17, 15) is 9.59 Å². The molecule has 0 saturated carbocycles. The zero-order chi connectivity index (χ0) is 23.9. The molecule has 0 amide bonds. The van der Waals surface area contributed by atoms with Crippen LogP contribution in [0.3, 0.4) is 0 Å². The van der Waals surface area contributed by atoms with Crippen LogP contribution in [0.2, 0.25) is 0 Å². The van der Waals surface area contributed by atoms with Crippen molar-refractivity contribution in [3.8, 4) is 17.2 Å². The molecule has 1 heterocycles. The average molecular weight is 496 g/mol. The maximum Gasteiger partial charge on any atom is 0.195 e. The number of carbonyl (C=O) groups excluding carboxylic acids is 2. The van der Waals surface area contributed by atoms with Crippen molar-refractivity contribution in [2.75, 3.05) is 7.11 Å². The fourth-order valence-electron chi connectivity index (χ4n) is 4.06. The Morgan fingerprint density at radius 3 is 2.20 bits per heavy atom. The van der Waals surface area contributed by atoms with Crippen LogP contribution in [0.15, 0.2) is 94.2 Å². The number of rotatable bonds is 5. The van der Waals surface area contributed by atoms with Crippen molar-refractivity contribution < 1.29 is 19.1 Å². The van der Waals surface area contributed by atoms with Gasteiger partial charge in [-0.3, -0.25) is 9.59 Å². The van der Waals surface area contributed by atoms with E-state index in [1.807, 2.05) is 54.6 Å². The molecule has 170 valence electrons. The van der Waals surface area contributed by atoms with Crippen molar-refractivity contribution in [3.63, 3.8) is 0 Å². The van der Waals surface area contributed by atoms with Gasteiger partial charge in [-0.05, 0) is 42.5 Å². The molecular weight excluding hydrogens is 478 g/mol. The molecule has 0 atom stereocenters. The molecule has 4 aromatic carbocycles. The predicted octanol–water partition coefficient (Wildman–Crippen LogP) is 7.02. The highest BCUT2D eigenvalue weighted by molar-refractivity contribution is 8.01. The summed E-state index contributed by atoms with van der Waals surface area (Å²) in [6.45, 7) is 0. The average Bonchev–Trinajstić information content (AvgIpc) is 3.29. The van der Waals surface area contributed by atoms with Gasteiger partial charge in [-0.2, -0.15) is 0 Å². The number of hydrogen-bond donors (Lipinski definition) is 0. The molecule has 5 nitrogen and oxygen atoms in total. The molecule has 0 bridgehead atoms. The largest absolute Gasteiger partial charge is 0.497 e. The molecular formula is C28H17NO4S2. The third-order valence-electron chi connectivity index (χ3n) is 5.75. The van der Waals surface area contributed by atoms with E-state index in [-0.39, 0.29) is 11.6 Å². The maximum absolute atomic E-state index is 13.3. The number of thiazole rings is 1. The van der Waals surface area contributed by atoms with Crippen molar-refractivity contribution in [1.82, 2.24) is 4.98 Å². The topological polar surface area (TPSA) is 65.5 Å². The van der Waals surface area contributed by atoms with E-state index < -0.39 is 0 Å². The monoisotopic (exact) mass is 495 g/mol. The number of methoxy groups -OCH3 is 1. The molecule has 0 spiro atoms. The van der Waals surface area contributed by atoms with Gasteiger partial charge in [0.1, 0.15) is 17.2 Å². The third-order valence-corrected chi connectivity index (χ3v) is 7.89. The van der Waals surface area contributed by atoms with Crippen LogP contribution in [-0.4, -0.2) is 23.7 Å². The van der Waals surface area contributed by atoms with Crippen molar-refractivity contribution >= 4 is 44.9 Å². The molecule has 0 saturated heterocycles. The molecule has 0 unspecified atom stereocenters. The van der Waals surface area contributed by atoms with E-state index in [1.54, 1.807) is 37.4 Å². The molecule has 0 fully saturated rings. The summed E-state index contributed by atoms with van der Waals surface area (Å²) in [6, 6.07) is 25.5. The van der Waals surface area contributed by atoms with Crippen molar-refractivity contribution in [3.05, 3.63) is 107 Å². The summed E-state index contributed by atoms with van der Waals surface area (Å²) in [5, 5.41) is 0. The van der Waals surface area contributed by atoms with Crippen LogP contribution in [0.1, 0.15) is 31.8 Å². The van der Waals surface area contributed by atoms with E-state index in [0.29, 0.717) is 33.8 Å². The number of hydrogen-bond acceptors (Lipinski definition) is 7. The first-order chi connectivity index (χ1) is 17.1. The highest BCUT2D eigenvalue weighted by Gasteiger charge is 2.31. The lowest BCUT2D eigenvalue weighted by Gasteiger charge is -2.19. The molecule has 1 aliphatic rings. The van der Waals surface area contributed by atoms with Gasteiger partial charge in [0.05, 0.1) is 17.3 Å². The summed E-state index contributed by atoms with van der Waals surface area (Å²) in [6.07, 6.45) is 0. The first-order valence-corrected chi connectivity index (χ1v) is 12.5. The second-order valence-electron chi connectivity index (χ2n) is 7.87. The smallest absolute Gasteiger partial charge is 0.195 e. The SMILES string of the molecule is COc1ccc(Oc2ccc3nc(Sc4cccc5c4C(=O)c4ccccc4C5=O)sc3c2)cc1. The van der Waals surface area contributed by atoms with Crippen LogP contribution in [0.4, 0.5) is 0 Å². The number of carbonyl (C=O) groups is 2. The van der Waals surface area contributed by atoms with Crippen molar-refractivity contribution in [2.45, 2.75) is 9.24 Å². The zero-order valence-corrected chi connectivity index (χ0v) is 20.1. The Bertz CT molecular complexity index is 1620. The van der Waals surface area contributed by atoms with Crippen molar-refractivity contribution in [1.29, 1.82) is 0 Å². The molecule has 0 N–H and O–H groups in total. The second-order valence-corrected chi connectivity index (χ2v) is 10.2. The van der Waals surface area contributed by atoms with Gasteiger partial charge < -0.3 is 9.47 Å². The van der Waals surface area contributed by atoms with Crippen LogP contribution in [-0.2, 0) is 0 Å². The van der Waals surface area contributed by atoms with Crippen LogP contribution in [0.5, 0.6) is 17.2 Å². The van der Waals surface area contributed by atoms with Crippen LogP contribution < -0.4 is 9.47 Å². The number of aromatic nitrogens is 1. The lowest BCUT2D eigenvalue weighted by Crippen LogP contribution is -2.21. The number of benzene rings is 4. The second kappa shape index (κ2) is 8.69. The fourth-order valence-corrected chi connectivity index (χ4v) is 6.28. The summed E-state index contributed by atoms with van der Waals surface area (Å²) in [5.74, 6) is 1.93. The Hall–Kier alpha value is -3.94.